The smallest absolute Gasteiger partial charge is 0.306 e. The van der Waals surface area contributed by atoms with E-state index in [2.05, 4.69) is 10.3 Å². The molecule has 0 aliphatic carbocycles. The average molecular weight is 264 g/mol. The van der Waals surface area contributed by atoms with Gasteiger partial charge in [0.1, 0.15) is 5.60 Å². The number of nitrogens with zero attached hydrogens (tertiary/aromatic N) is 1. The van der Waals surface area contributed by atoms with Gasteiger partial charge in [-0.1, -0.05) is 0 Å². The summed E-state index contributed by atoms with van der Waals surface area (Å²) >= 11 is 0. The number of carbonyl (C=O) groups is 2. The van der Waals surface area contributed by atoms with E-state index in [4.69, 9.17) is 4.74 Å². The number of esters is 1. The van der Waals surface area contributed by atoms with Gasteiger partial charge >= 0.3 is 5.97 Å². The number of carbonyl (C=O) groups excluding carboxylic acids is 2. The van der Waals surface area contributed by atoms with Crippen LogP contribution in [0.25, 0.3) is 0 Å². The Hall–Kier alpha value is -1.91. The topological polar surface area (TPSA) is 68.3 Å². The van der Waals surface area contributed by atoms with Crippen LogP contribution in [0.1, 0.15) is 43.2 Å². The second-order valence-corrected chi connectivity index (χ2v) is 5.20. The van der Waals surface area contributed by atoms with Gasteiger partial charge in [-0.2, -0.15) is 0 Å². The van der Waals surface area contributed by atoms with Crippen LogP contribution in [0.15, 0.2) is 18.3 Å². The van der Waals surface area contributed by atoms with Gasteiger partial charge in [0.25, 0.3) is 5.91 Å². The van der Waals surface area contributed by atoms with Crippen LogP contribution < -0.4 is 5.32 Å². The van der Waals surface area contributed by atoms with E-state index < -0.39 is 5.60 Å². The molecule has 0 saturated heterocycles. The van der Waals surface area contributed by atoms with Crippen molar-refractivity contribution < 1.29 is 14.3 Å². The first-order valence-corrected chi connectivity index (χ1v) is 6.20. The van der Waals surface area contributed by atoms with Crippen LogP contribution in [-0.2, 0) is 16.0 Å². The summed E-state index contributed by atoms with van der Waals surface area (Å²) in [6, 6.07) is 3.44. The lowest BCUT2D eigenvalue weighted by atomic mass is 10.1. The minimum atomic E-state index is -0.465. The fourth-order valence-corrected chi connectivity index (χ4v) is 1.47. The molecule has 104 valence electrons. The number of amides is 1. The predicted molar refractivity (Wildman–Crippen MR) is 71.8 cm³/mol. The van der Waals surface area contributed by atoms with Crippen molar-refractivity contribution in [2.45, 2.75) is 39.2 Å². The normalized spacial score (nSPS) is 10.9. The Morgan fingerprint density at radius 1 is 1.32 bits per heavy atom. The molecule has 0 aliphatic heterocycles. The molecule has 5 heteroatoms. The van der Waals surface area contributed by atoms with E-state index in [1.807, 2.05) is 20.8 Å². The number of ether oxygens (including phenoxy) is 1. The van der Waals surface area contributed by atoms with Crippen LogP contribution in [0.2, 0.25) is 0 Å². The van der Waals surface area contributed by atoms with Gasteiger partial charge in [0, 0.05) is 25.4 Å². The lowest BCUT2D eigenvalue weighted by molar-refractivity contribution is -0.154. The maximum atomic E-state index is 11.5. The predicted octanol–water partition coefficient (Wildman–Crippen LogP) is 1.72. The van der Waals surface area contributed by atoms with Crippen LogP contribution in [0, 0.1) is 0 Å². The van der Waals surface area contributed by atoms with Gasteiger partial charge in [-0.15, -0.1) is 0 Å². The number of nitrogens with one attached hydrogen (secondary N) is 1. The highest BCUT2D eigenvalue weighted by Crippen LogP contribution is 2.10. The SMILES string of the molecule is CNC(=O)c1ccc(CCC(=O)OC(C)(C)C)nc1. The Morgan fingerprint density at radius 2 is 2.00 bits per heavy atom. The van der Waals surface area contributed by atoms with E-state index >= 15 is 0 Å². The van der Waals surface area contributed by atoms with Crippen LogP contribution in [0.4, 0.5) is 0 Å². The highest BCUT2D eigenvalue weighted by atomic mass is 16.6. The van der Waals surface area contributed by atoms with Crippen molar-refractivity contribution >= 4 is 11.9 Å². The summed E-state index contributed by atoms with van der Waals surface area (Å²) in [5.74, 6) is -0.420. The molecule has 0 unspecified atom stereocenters. The molecular weight excluding hydrogens is 244 g/mol. The van der Waals surface area contributed by atoms with Crippen LogP contribution in [0.5, 0.6) is 0 Å². The van der Waals surface area contributed by atoms with Crippen LogP contribution in [0.3, 0.4) is 0 Å². The van der Waals surface area contributed by atoms with Crippen molar-refractivity contribution in [2.75, 3.05) is 7.05 Å². The Balaban J connectivity index is 2.50. The molecule has 1 aromatic heterocycles. The molecular formula is C14H20N2O3. The minimum Gasteiger partial charge on any atom is -0.460 e. The summed E-state index contributed by atoms with van der Waals surface area (Å²) in [4.78, 5) is 27.0. The van der Waals surface area contributed by atoms with E-state index in [1.54, 1.807) is 19.2 Å². The molecule has 1 heterocycles. The first-order valence-electron chi connectivity index (χ1n) is 6.20. The van der Waals surface area contributed by atoms with Crippen molar-refractivity contribution in [2.24, 2.45) is 0 Å². The lowest BCUT2D eigenvalue weighted by Gasteiger charge is -2.19. The number of pyridine rings is 1. The Labute approximate surface area is 113 Å². The van der Waals surface area contributed by atoms with Gasteiger partial charge in [0.2, 0.25) is 0 Å². The first-order chi connectivity index (χ1) is 8.81. The zero-order valence-electron chi connectivity index (χ0n) is 11.8. The second-order valence-electron chi connectivity index (χ2n) is 5.20. The number of hydrogen-bond acceptors (Lipinski definition) is 4. The molecule has 0 atom stereocenters. The standard InChI is InChI=1S/C14H20N2O3/c1-14(2,3)19-12(17)8-7-11-6-5-10(9-16-11)13(18)15-4/h5-6,9H,7-8H2,1-4H3,(H,15,18). The highest BCUT2D eigenvalue weighted by molar-refractivity contribution is 5.93. The average Bonchev–Trinajstić information content (AvgIpc) is 2.34. The lowest BCUT2D eigenvalue weighted by Crippen LogP contribution is -2.24. The third-order valence-electron chi connectivity index (χ3n) is 2.32. The summed E-state index contributed by atoms with van der Waals surface area (Å²) in [7, 11) is 1.57. The van der Waals surface area contributed by atoms with Gasteiger partial charge in [-0.3, -0.25) is 14.6 Å². The van der Waals surface area contributed by atoms with Gasteiger partial charge in [-0.05, 0) is 32.9 Å². The van der Waals surface area contributed by atoms with Crippen LogP contribution >= 0.6 is 0 Å². The molecule has 1 rings (SSSR count). The van der Waals surface area contributed by atoms with Gasteiger partial charge in [0.15, 0.2) is 0 Å². The summed E-state index contributed by atoms with van der Waals surface area (Å²) in [5.41, 5.74) is 0.801. The molecule has 19 heavy (non-hydrogen) atoms. The fraction of sp³-hybridized carbons (Fsp3) is 0.500. The Kier molecular flexibility index (Phi) is 5.03. The number of aromatic nitrogens is 1. The molecule has 0 saturated carbocycles. The monoisotopic (exact) mass is 264 g/mol. The van der Waals surface area contributed by atoms with E-state index in [0.717, 1.165) is 5.69 Å². The van der Waals surface area contributed by atoms with Gasteiger partial charge in [-0.25, -0.2) is 0 Å². The molecule has 1 amide bonds. The maximum Gasteiger partial charge on any atom is 0.306 e. The van der Waals surface area contributed by atoms with Crippen molar-refractivity contribution in [1.82, 2.24) is 10.3 Å². The maximum absolute atomic E-state index is 11.5. The molecule has 1 aromatic rings. The van der Waals surface area contributed by atoms with E-state index in [0.29, 0.717) is 12.0 Å². The Morgan fingerprint density at radius 3 is 2.47 bits per heavy atom. The molecule has 0 aromatic carbocycles. The summed E-state index contributed by atoms with van der Waals surface area (Å²) < 4.78 is 5.21. The number of rotatable bonds is 4. The molecule has 5 nitrogen and oxygen atoms in total. The summed E-state index contributed by atoms with van der Waals surface area (Å²) in [6.07, 6.45) is 2.29. The number of aryl methyl sites for hydroxylation is 1. The number of hydrogen-bond donors (Lipinski definition) is 1. The van der Waals surface area contributed by atoms with Gasteiger partial charge in [0.05, 0.1) is 12.0 Å². The first kappa shape index (κ1) is 15.1. The molecule has 0 aliphatic rings. The van der Waals surface area contributed by atoms with Crippen molar-refractivity contribution in [3.8, 4) is 0 Å². The van der Waals surface area contributed by atoms with E-state index in [9.17, 15) is 9.59 Å². The quantitative estimate of drug-likeness (QED) is 0.841. The molecule has 0 fully saturated rings. The third kappa shape index (κ3) is 5.50. The Bertz CT molecular complexity index is 447. The molecule has 1 N–H and O–H groups in total. The van der Waals surface area contributed by atoms with E-state index in [-0.39, 0.29) is 18.3 Å². The van der Waals surface area contributed by atoms with Gasteiger partial charge < -0.3 is 10.1 Å². The van der Waals surface area contributed by atoms with Crippen molar-refractivity contribution in [1.29, 1.82) is 0 Å². The summed E-state index contributed by atoms with van der Waals surface area (Å²) in [6.45, 7) is 5.50. The second kappa shape index (κ2) is 6.31. The zero-order chi connectivity index (χ0) is 14.5. The molecule has 0 spiro atoms. The van der Waals surface area contributed by atoms with Crippen molar-refractivity contribution in [3.63, 3.8) is 0 Å². The third-order valence-corrected chi connectivity index (χ3v) is 2.32. The molecule has 0 bridgehead atoms. The van der Waals surface area contributed by atoms with Crippen molar-refractivity contribution in [3.05, 3.63) is 29.6 Å². The largest absolute Gasteiger partial charge is 0.460 e. The van der Waals surface area contributed by atoms with E-state index in [1.165, 1.54) is 6.20 Å². The minimum absolute atomic E-state index is 0.175. The zero-order valence-corrected chi connectivity index (χ0v) is 11.8. The fourth-order valence-electron chi connectivity index (χ4n) is 1.47. The van der Waals surface area contributed by atoms with Crippen LogP contribution in [-0.4, -0.2) is 29.5 Å². The highest BCUT2D eigenvalue weighted by Gasteiger charge is 2.16. The summed E-state index contributed by atoms with van der Waals surface area (Å²) in [5, 5.41) is 2.52. The molecule has 0 radical (unpaired) electrons.